The number of aliphatic hydroxyl groups excluding tert-OH is 1. The van der Waals surface area contributed by atoms with E-state index < -0.39 is 41.4 Å². The Kier molecular flexibility index (Phi) is 10.0. The first kappa shape index (κ1) is 27.6. The van der Waals surface area contributed by atoms with E-state index in [4.69, 9.17) is 9.47 Å². The molecule has 0 aliphatic rings. The molecule has 0 fully saturated rings. The zero-order chi connectivity index (χ0) is 25.9. The first-order valence-corrected chi connectivity index (χ1v) is 13.5. The van der Waals surface area contributed by atoms with E-state index in [2.05, 4.69) is 0 Å². The van der Waals surface area contributed by atoms with Gasteiger partial charge in [-0.15, -0.1) is 0 Å². The van der Waals surface area contributed by atoms with Crippen LogP contribution in [0.25, 0.3) is 0 Å². The Morgan fingerprint density at radius 3 is 1.80 bits per heavy atom. The minimum Gasteiger partial charge on any atom is -0.480 e. The molecular formula is C25H26O8S2. The molecule has 8 nitrogen and oxygen atoms in total. The van der Waals surface area contributed by atoms with Gasteiger partial charge in [0.05, 0.1) is 23.0 Å². The first-order valence-electron chi connectivity index (χ1n) is 10.5. The molecule has 35 heavy (non-hydrogen) atoms. The van der Waals surface area contributed by atoms with Gasteiger partial charge in [-0.3, -0.25) is 0 Å². The van der Waals surface area contributed by atoms with Crippen molar-refractivity contribution in [3.05, 3.63) is 107 Å². The molecule has 0 radical (unpaired) electrons. The van der Waals surface area contributed by atoms with Crippen LogP contribution in [0.1, 0.15) is 13.8 Å². The molecule has 2 rings (SSSR count). The van der Waals surface area contributed by atoms with E-state index in [0.29, 0.717) is 0 Å². The number of rotatable bonds is 11. The Morgan fingerprint density at radius 1 is 0.771 bits per heavy atom. The number of ether oxygens (including phenoxy) is 2. The highest BCUT2D eigenvalue weighted by molar-refractivity contribution is 7.96. The number of sulfone groups is 2. The number of hydrogen-bond donors (Lipinski definition) is 1. The van der Waals surface area contributed by atoms with Gasteiger partial charge < -0.3 is 14.6 Å². The fourth-order valence-corrected chi connectivity index (χ4v) is 5.38. The van der Waals surface area contributed by atoms with E-state index >= 15 is 0 Å². The van der Waals surface area contributed by atoms with Crippen molar-refractivity contribution in [1.29, 1.82) is 0 Å². The Hall–Kier alpha value is -3.63. The maximum Gasteiger partial charge on any atom is 0.350 e. The standard InChI is InChI=1S/C25H26O8S2/c1-3-32-24(26)22(34(28,29)20-14-8-5-9-15-20)18-12-7-13-19-23(25(27)33-4-2)35(30,31)21-16-10-6-11-17-21/h5-19,26H,3-4H2,1-2H3/b13-7?,18-12?,23-19-,24-22-. The summed E-state index contributed by atoms with van der Waals surface area (Å²) in [6.07, 6.45) is 5.97. The Bertz CT molecular complexity index is 1340. The second kappa shape index (κ2) is 12.7. The van der Waals surface area contributed by atoms with Crippen molar-refractivity contribution in [3.63, 3.8) is 0 Å². The van der Waals surface area contributed by atoms with Gasteiger partial charge in [-0.25, -0.2) is 21.6 Å². The van der Waals surface area contributed by atoms with Crippen molar-refractivity contribution in [1.82, 2.24) is 0 Å². The maximum absolute atomic E-state index is 12.9. The lowest BCUT2D eigenvalue weighted by molar-refractivity contribution is -0.137. The molecular weight excluding hydrogens is 492 g/mol. The molecule has 186 valence electrons. The first-order chi connectivity index (χ1) is 16.7. The topological polar surface area (TPSA) is 124 Å². The third-order valence-corrected chi connectivity index (χ3v) is 7.93. The molecule has 2 aromatic rings. The van der Waals surface area contributed by atoms with Gasteiger partial charge in [-0.2, -0.15) is 0 Å². The predicted octanol–water partition coefficient (Wildman–Crippen LogP) is 4.26. The monoisotopic (exact) mass is 518 g/mol. The van der Waals surface area contributed by atoms with E-state index in [1.807, 2.05) is 0 Å². The van der Waals surface area contributed by atoms with Gasteiger partial charge in [0.1, 0.15) is 0 Å². The van der Waals surface area contributed by atoms with Crippen LogP contribution in [0.4, 0.5) is 0 Å². The van der Waals surface area contributed by atoms with E-state index in [0.717, 1.165) is 12.2 Å². The average molecular weight is 519 g/mol. The van der Waals surface area contributed by atoms with Gasteiger partial charge in [0.2, 0.25) is 19.7 Å². The third-order valence-electron chi connectivity index (χ3n) is 4.37. The molecule has 0 heterocycles. The minimum absolute atomic E-state index is 0.0215. The molecule has 0 aromatic heterocycles. The second-order valence-corrected chi connectivity index (χ2v) is 10.6. The van der Waals surface area contributed by atoms with Gasteiger partial charge >= 0.3 is 5.97 Å². The number of carbonyl (C=O) groups excluding carboxylic acids is 1. The van der Waals surface area contributed by atoms with Crippen LogP contribution in [0, 0.1) is 0 Å². The highest BCUT2D eigenvalue weighted by Crippen LogP contribution is 2.23. The summed E-state index contributed by atoms with van der Waals surface area (Å²) in [6, 6.07) is 14.9. The summed E-state index contributed by atoms with van der Waals surface area (Å²) in [6.45, 7) is 3.15. The van der Waals surface area contributed by atoms with Gasteiger partial charge in [0.15, 0.2) is 9.81 Å². The summed E-state index contributed by atoms with van der Waals surface area (Å²) in [5.74, 6) is -1.80. The molecule has 0 saturated carbocycles. The molecule has 10 heteroatoms. The van der Waals surface area contributed by atoms with Crippen LogP contribution in [0.3, 0.4) is 0 Å². The summed E-state index contributed by atoms with van der Waals surface area (Å²) >= 11 is 0. The van der Waals surface area contributed by atoms with Gasteiger partial charge in [0, 0.05) is 0 Å². The molecule has 0 saturated heterocycles. The van der Waals surface area contributed by atoms with Crippen molar-refractivity contribution in [2.24, 2.45) is 0 Å². The summed E-state index contributed by atoms with van der Waals surface area (Å²) in [7, 11) is -8.27. The van der Waals surface area contributed by atoms with E-state index in [1.165, 1.54) is 54.6 Å². The quantitative estimate of drug-likeness (QED) is 0.203. The molecule has 0 aliphatic carbocycles. The number of esters is 1. The van der Waals surface area contributed by atoms with E-state index in [-0.39, 0.29) is 23.0 Å². The van der Waals surface area contributed by atoms with Crippen LogP contribution in [0.5, 0.6) is 0 Å². The lowest BCUT2D eigenvalue weighted by atomic mass is 10.4. The number of allylic oxidation sites excluding steroid dienone is 5. The van der Waals surface area contributed by atoms with Crippen molar-refractivity contribution in [2.45, 2.75) is 23.6 Å². The van der Waals surface area contributed by atoms with E-state index in [1.54, 1.807) is 38.1 Å². The molecule has 0 aliphatic heterocycles. The Labute approximate surface area is 205 Å². The molecule has 1 N–H and O–H groups in total. The van der Waals surface area contributed by atoms with Crippen molar-refractivity contribution >= 4 is 25.6 Å². The molecule has 2 aromatic carbocycles. The summed E-state index contributed by atoms with van der Waals surface area (Å²) < 4.78 is 61.6. The molecule has 0 spiro atoms. The lowest BCUT2D eigenvalue weighted by Gasteiger charge is -2.08. The van der Waals surface area contributed by atoms with Crippen LogP contribution in [0.2, 0.25) is 0 Å². The summed E-state index contributed by atoms with van der Waals surface area (Å²) in [5.41, 5.74) is 0. The minimum atomic E-state index is -4.16. The summed E-state index contributed by atoms with van der Waals surface area (Å²) in [4.78, 5) is 11.1. The highest BCUT2D eigenvalue weighted by atomic mass is 32.2. The Balaban J connectivity index is 2.43. The largest absolute Gasteiger partial charge is 0.480 e. The number of benzene rings is 2. The second-order valence-electron chi connectivity index (χ2n) is 6.73. The van der Waals surface area contributed by atoms with Crippen LogP contribution in [-0.4, -0.2) is 41.1 Å². The van der Waals surface area contributed by atoms with Crippen LogP contribution < -0.4 is 0 Å². The maximum atomic E-state index is 12.9. The van der Waals surface area contributed by atoms with Crippen LogP contribution in [-0.2, 0) is 33.9 Å². The molecule has 0 amide bonds. The molecule has 0 bridgehead atoms. The predicted molar refractivity (Wildman–Crippen MR) is 132 cm³/mol. The van der Waals surface area contributed by atoms with Crippen LogP contribution >= 0.6 is 0 Å². The Morgan fingerprint density at radius 2 is 1.29 bits per heavy atom. The molecule has 0 atom stereocenters. The number of aliphatic hydroxyl groups is 1. The van der Waals surface area contributed by atoms with Crippen molar-refractivity contribution in [3.8, 4) is 0 Å². The number of hydrogen-bond acceptors (Lipinski definition) is 8. The SMILES string of the molecule is CCOC(=O)/C(=C/C=CC=C/C(=C(\O)OCC)S(=O)(=O)c1ccccc1)S(=O)(=O)c1ccccc1. The fraction of sp³-hybridized carbons (Fsp3) is 0.160. The van der Waals surface area contributed by atoms with E-state index in [9.17, 15) is 26.7 Å². The zero-order valence-corrected chi connectivity index (χ0v) is 20.8. The molecule has 0 unspecified atom stereocenters. The average Bonchev–Trinajstić information content (AvgIpc) is 2.84. The van der Waals surface area contributed by atoms with Crippen molar-refractivity contribution in [2.75, 3.05) is 13.2 Å². The number of carbonyl (C=O) groups is 1. The lowest BCUT2D eigenvalue weighted by Crippen LogP contribution is -2.16. The third kappa shape index (κ3) is 7.17. The van der Waals surface area contributed by atoms with Gasteiger partial charge in [-0.05, 0) is 50.3 Å². The highest BCUT2D eigenvalue weighted by Gasteiger charge is 2.27. The fourth-order valence-electron chi connectivity index (χ4n) is 2.76. The normalized spacial score (nSPS) is 13.6. The van der Waals surface area contributed by atoms with Gasteiger partial charge in [0.25, 0.3) is 5.95 Å². The summed E-state index contributed by atoms with van der Waals surface area (Å²) in [5, 5.41) is 10.2. The van der Waals surface area contributed by atoms with Gasteiger partial charge in [-0.1, -0.05) is 54.6 Å². The zero-order valence-electron chi connectivity index (χ0n) is 19.2. The van der Waals surface area contributed by atoms with Crippen molar-refractivity contribution < 1.29 is 36.2 Å². The smallest absolute Gasteiger partial charge is 0.350 e. The van der Waals surface area contributed by atoms with Crippen LogP contribution in [0.15, 0.2) is 117 Å².